The molecule has 0 spiro atoms. The van der Waals surface area contributed by atoms with Crippen LogP contribution < -0.4 is 4.90 Å². The molecule has 1 aromatic heterocycles. The van der Waals surface area contributed by atoms with E-state index in [0.29, 0.717) is 5.69 Å². The Bertz CT molecular complexity index is 755. The minimum atomic E-state index is -0.281. The number of hydrogen-bond donors (Lipinski definition) is 1. The maximum Gasteiger partial charge on any atom is 0.240 e. The Labute approximate surface area is 120 Å². The highest BCUT2D eigenvalue weighted by Crippen LogP contribution is 2.49. The predicted molar refractivity (Wildman–Crippen MR) is 73.5 cm³/mol. The Balaban J connectivity index is 1.60. The fourth-order valence-electron chi connectivity index (χ4n) is 4.04. The van der Waals surface area contributed by atoms with Crippen LogP contribution in [-0.4, -0.2) is 34.2 Å². The summed E-state index contributed by atoms with van der Waals surface area (Å²) < 4.78 is 5.74. The predicted octanol–water partition coefficient (Wildman–Crippen LogP) is 1.23. The van der Waals surface area contributed by atoms with Gasteiger partial charge in [-0.05, 0) is 31.0 Å². The molecule has 4 atom stereocenters. The number of amides is 2. The van der Waals surface area contributed by atoms with Crippen molar-refractivity contribution in [1.82, 2.24) is 10.2 Å². The number of carbonyl (C=O) groups excluding carboxylic acids is 2. The van der Waals surface area contributed by atoms with E-state index in [1.54, 1.807) is 12.3 Å². The number of anilines is 1. The van der Waals surface area contributed by atoms with Crippen molar-refractivity contribution in [3.8, 4) is 0 Å². The number of hydrogen-bond acceptors (Lipinski definition) is 4. The molecule has 0 aliphatic carbocycles. The van der Waals surface area contributed by atoms with Crippen LogP contribution in [0.5, 0.6) is 0 Å². The lowest BCUT2D eigenvalue weighted by Gasteiger charge is -2.17. The Morgan fingerprint density at radius 1 is 1.14 bits per heavy atom. The molecule has 4 heterocycles. The van der Waals surface area contributed by atoms with Gasteiger partial charge in [-0.1, -0.05) is 0 Å². The number of aromatic nitrogens is 2. The zero-order chi connectivity index (χ0) is 14.1. The van der Waals surface area contributed by atoms with Gasteiger partial charge in [0.1, 0.15) is 0 Å². The molecule has 21 heavy (non-hydrogen) atoms. The maximum atomic E-state index is 12.7. The molecule has 3 aliphatic rings. The van der Waals surface area contributed by atoms with Crippen LogP contribution in [0, 0.1) is 11.8 Å². The molecule has 0 radical (unpaired) electrons. The number of rotatable bonds is 1. The Morgan fingerprint density at radius 2 is 1.86 bits per heavy atom. The third-order valence-corrected chi connectivity index (χ3v) is 4.97. The zero-order valence-corrected chi connectivity index (χ0v) is 11.2. The van der Waals surface area contributed by atoms with Crippen molar-refractivity contribution in [3.63, 3.8) is 0 Å². The van der Waals surface area contributed by atoms with Gasteiger partial charge in [-0.3, -0.25) is 14.7 Å². The number of benzene rings is 1. The van der Waals surface area contributed by atoms with Crippen LogP contribution in [-0.2, 0) is 14.3 Å². The van der Waals surface area contributed by atoms with E-state index in [2.05, 4.69) is 10.2 Å². The highest BCUT2D eigenvalue weighted by Gasteiger charge is 2.62. The first kappa shape index (κ1) is 11.4. The Kier molecular flexibility index (Phi) is 2.02. The molecule has 3 saturated heterocycles. The van der Waals surface area contributed by atoms with E-state index >= 15 is 0 Å². The lowest BCUT2D eigenvalue weighted by atomic mass is 9.81. The topological polar surface area (TPSA) is 75.3 Å². The first-order valence-corrected chi connectivity index (χ1v) is 7.20. The average Bonchev–Trinajstić information content (AvgIpc) is 3.22. The van der Waals surface area contributed by atoms with Crippen molar-refractivity contribution >= 4 is 28.4 Å². The maximum absolute atomic E-state index is 12.7. The average molecular weight is 283 g/mol. The minimum Gasteiger partial charge on any atom is -0.373 e. The van der Waals surface area contributed by atoms with E-state index in [0.717, 1.165) is 23.7 Å². The largest absolute Gasteiger partial charge is 0.373 e. The van der Waals surface area contributed by atoms with Crippen molar-refractivity contribution in [2.75, 3.05) is 4.90 Å². The number of nitrogens with one attached hydrogen (secondary N) is 1. The molecule has 5 rings (SSSR count). The lowest BCUT2D eigenvalue weighted by molar-refractivity contribution is -0.124. The summed E-state index contributed by atoms with van der Waals surface area (Å²) in [7, 11) is 0. The van der Waals surface area contributed by atoms with Crippen LogP contribution in [0.15, 0.2) is 24.4 Å². The smallest absolute Gasteiger partial charge is 0.240 e. The summed E-state index contributed by atoms with van der Waals surface area (Å²) in [6.07, 6.45) is 3.33. The van der Waals surface area contributed by atoms with Gasteiger partial charge in [-0.25, -0.2) is 4.90 Å². The molecule has 3 fully saturated rings. The molecule has 2 amide bonds. The summed E-state index contributed by atoms with van der Waals surface area (Å²) in [5.74, 6) is -0.785. The van der Waals surface area contributed by atoms with Crippen molar-refractivity contribution in [1.29, 1.82) is 0 Å². The van der Waals surface area contributed by atoms with Gasteiger partial charge in [0, 0.05) is 5.39 Å². The molecule has 2 bridgehead atoms. The Hall–Kier alpha value is -2.21. The van der Waals surface area contributed by atoms with Gasteiger partial charge < -0.3 is 4.74 Å². The van der Waals surface area contributed by atoms with E-state index in [9.17, 15) is 9.59 Å². The van der Waals surface area contributed by atoms with Crippen molar-refractivity contribution < 1.29 is 14.3 Å². The first-order chi connectivity index (χ1) is 10.2. The summed E-state index contributed by atoms with van der Waals surface area (Å²) in [6, 6.07) is 5.47. The van der Waals surface area contributed by atoms with Crippen LogP contribution in [0.1, 0.15) is 12.8 Å². The molecule has 6 heteroatoms. The van der Waals surface area contributed by atoms with Crippen molar-refractivity contribution in [3.05, 3.63) is 24.4 Å². The SMILES string of the molecule is O=C1C2C3CCC(O3)C2C(=O)N1c1ccc2[nH]ncc2c1. The summed E-state index contributed by atoms with van der Waals surface area (Å²) in [5, 5.41) is 7.72. The fraction of sp³-hybridized carbons (Fsp3) is 0.400. The number of H-pyrrole nitrogens is 1. The van der Waals surface area contributed by atoms with Crippen LogP contribution in [0.4, 0.5) is 5.69 Å². The monoisotopic (exact) mass is 283 g/mol. The highest BCUT2D eigenvalue weighted by atomic mass is 16.5. The van der Waals surface area contributed by atoms with Gasteiger partial charge >= 0.3 is 0 Å². The van der Waals surface area contributed by atoms with Gasteiger partial charge in [0.25, 0.3) is 0 Å². The summed E-state index contributed by atoms with van der Waals surface area (Å²) in [6.45, 7) is 0. The highest BCUT2D eigenvalue weighted by molar-refractivity contribution is 6.23. The molecule has 1 N–H and O–H groups in total. The van der Waals surface area contributed by atoms with Crippen LogP contribution in [0.25, 0.3) is 10.9 Å². The van der Waals surface area contributed by atoms with Gasteiger partial charge in [-0.2, -0.15) is 5.10 Å². The molecule has 4 unspecified atom stereocenters. The molecule has 1 aromatic carbocycles. The van der Waals surface area contributed by atoms with Gasteiger partial charge in [-0.15, -0.1) is 0 Å². The number of ether oxygens (including phenoxy) is 1. The molecular weight excluding hydrogens is 270 g/mol. The molecule has 2 aromatic rings. The normalized spacial score (nSPS) is 34.2. The quantitative estimate of drug-likeness (QED) is 0.799. The van der Waals surface area contributed by atoms with E-state index in [1.165, 1.54) is 4.90 Å². The number of aromatic amines is 1. The second-order valence-corrected chi connectivity index (χ2v) is 6.00. The van der Waals surface area contributed by atoms with E-state index < -0.39 is 0 Å². The second kappa shape index (κ2) is 3.71. The second-order valence-electron chi connectivity index (χ2n) is 6.00. The standard InChI is InChI=1S/C15H13N3O3/c19-14-12-10-3-4-11(21-10)13(12)15(20)18(14)8-1-2-9-7(5-8)6-16-17-9/h1-2,5-6,10-13H,3-4H2,(H,16,17). The number of imide groups is 1. The molecule has 6 nitrogen and oxygen atoms in total. The number of nitrogens with zero attached hydrogens (tertiary/aromatic N) is 2. The van der Waals surface area contributed by atoms with Gasteiger partial charge in [0.2, 0.25) is 11.8 Å². The van der Waals surface area contributed by atoms with Gasteiger partial charge in [0.15, 0.2) is 0 Å². The third-order valence-electron chi connectivity index (χ3n) is 4.97. The summed E-state index contributed by atoms with van der Waals surface area (Å²) >= 11 is 0. The van der Waals surface area contributed by atoms with Crippen LogP contribution in [0.2, 0.25) is 0 Å². The van der Waals surface area contributed by atoms with Crippen LogP contribution >= 0.6 is 0 Å². The fourth-order valence-corrected chi connectivity index (χ4v) is 4.04. The third kappa shape index (κ3) is 1.33. The zero-order valence-electron chi connectivity index (χ0n) is 11.2. The van der Waals surface area contributed by atoms with E-state index in [4.69, 9.17) is 4.74 Å². The number of carbonyl (C=O) groups is 2. The lowest BCUT2D eigenvalue weighted by Crippen LogP contribution is -2.34. The van der Waals surface area contributed by atoms with E-state index in [1.807, 2.05) is 12.1 Å². The molecule has 106 valence electrons. The molecular formula is C15H13N3O3. The minimum absolute atomic E-state index is 0.0703. The summed E-state index contributed by atoms with van der Waals surface area (Å²) in [5.41, 5.74) is 1.52. The summed E-state index contributed by atoms with van der Waals surface area (Å²) in [4.78, 5) is 26.7. The van der Waals surface area contributed by atoms with Crippen molar-refractivity contribution in [2.24, 2.45) is 11.8 Å². The first-order valence-electron chi connectivity index (χ1n) is 7.20. The van der Waals surface area contributed by atoms with Crippen molar-refractivity contribution in [2.45, 2.75) is 25.0 Å². The molecule has 0 saturated carbocycles. The van der Waals surface area contributed by atoms with Crippen LogP contribution in [0.3, 0.4) is 0 Å². The van der Waals surface area contributed by atoms with Gasteiger partial charge in [0.05, 0.1) is 41.4 Å². The molecule has 3 aliphatic heterocycles. The Morgan fingerprint density at radius 3 is 2.57 bits per heavy atom. The number of fused-ring (bicyclic) bond motifs is 6. The van der Waals surface area contributed by atoms with E-state index in [-0.39, 0.29) is 35.9 Å².